The molecule has 9 nitrogen and oxygen atoms in total. The van der Waals surface area contributed by atoms with Gasteiger partial charge in [0.15, 0.2) is 11.5 Å². The van der Waals surface area contributed by atoms with Crippen LogP contribution in [0.15, 0.2) is 51.0 Å². The lowest BCUT2D eigenvalue weighted by Crippen LogP contribution is -2.35. The summed E-state index contributed by atoms with van der Waals surface area (Å²) >= 11 is 0. The van der Waals surface area contributed by atoms with Gasteiger partial charge in [0, 0.05) is 29.2 Å². The number of benzene rings is 1. The lowest BCUT2D eigenvalue weighted by Gasteiger charge is -2.38. The van der Waals surface area contributed by atoms with Gasteiger partial charge < -0.3 is 30.7 Å². The Hall–Kier alpha value is -4.01. The molecular weight excluding hydrogens is 440 g/mol. The molecule has 176 valence electrons. The molecule has 2 unspecified atom stereocenters. The number of allylic oxidation sites excluding steroid dienone is 2. The minimum Gasteiger partial charge on any atom is -0.507 e. The van der Waals surface area contributed by atoms with Crippen molar-refractivity contribution in [2.75, 3.05) is 0 Å². The first-order chi connectivity index (χ1) is 16.1. The zero-order valence-electron chi connectivity index (χ0n) is 18.6. The van der Waals surface area contributed by atoms with Gasteiger partial charge in [-0.3, -0.25) is 9.59 Å². The highest BCUT2D eigenvalue weighted by Gasteiger charge is 2.45. The third kappa shape index (κ3) is 3.03. The second kappa shape index (κ2) is 7.51. The summed E-state index contributed by atoms with van der Waals surface area (Å²) in [4.78, 5) is 24.1. The van der Waals surface area contributed by atoms with Gasteiger partial charge in [0.05, 0.1) is 11.3 Å². The zero-order chi connectivity index (χ0) is 24.5. The standard InChI is InChI=1S/C25H24N2O7/c1-9(2)14-8-17(34-27-14)12-3-4-15(28)20-13(12)6-10-5-11-7-16(29)21(25(26)33)24(32)19(11)22(30)18(10)23(20)31/h3-4,8-11,28,30-32H,5-7H2,1-2H3,(H2,26,33). The molecule has 0 aliphatic heterocycles. The maximum atomic E-state index is 12.4. The van der Waals surface area contributed by atoms with E-state index in [-0.39, 0.29) is 40.6 Å². The number of hydrogen-bond acceptors (Lipinski definition) is 8. The molecule has 3 aliphatic rings. The highest BCUT2D eigenvalue weighted by molar-refractivity contribution is 6.20. The Morgan fingerprint density at radius 1 is 1.06 bits per heavy atom. The van der Waals surface area contributed by atoms with Crippen LogP contribution in [-0.2, 0) is 16.0 Å². The first-order valence-electron chi connectivity index (χ1n) is 11.1. The molecule has 0 fully saturated rings. The topological polar surface area (TPSA) is 167 Å². The molecule has 0 bridgehead atoms. The number of phenolic OH excluding ortho intramolecular Hbond substituents is 1. The molecule has 2 aromatic rings. The van der Waals surface area contributed by atoms with E-state index in [0.717, 1.165) is 5.69 Å². The third-order valence-electron chi connectivity index (χ3n) is 6.96. The number of carbonyl (C=O) groups is 2. The molecule has 6 N–H and O–H groups in total. The molecule has 0 saturated heterocycles. The number of nitrogens with zero attached hydrogens (tertiary/aromatic N) is 1. The quantitative estimate of drug-likeness (QED) is 0.428. The Balaban J connectivity index is 1.71. The van der Waals surface area contributed by atoms with Crippen LogP contribution < -0.4 is 5.73 Å². The van der Waals surface area contributed by atoms with E-state index >= 15 is 0 Å². The van der Waals surface area contributed by atoms with Crippen LogP contribution in [0.3, 0.4) is 0 Å². The minimum absolute atomic E-state index is 0.0158. The molecule has 34 heavy (non-hydrogen) atoms. The van der Waals surface area contributed by atoms with Gasteiger partial charge in [-0.2, -0.15) is 0 Å². The van der Waals surface area contributed by atoms with Crippen molar-refractivity contribution in [1.82, 2.24) is 5.16 Å². The average molecular weight is 464 g/mol. The smallest absolute Gasteiger partial charge is 0.256 e. The Morgan fingerprint density at radius 3 is 2.38 bits per heavy atom. The van der Waals surface area contributed by atoms with Gasteiger partial charge in [0.25, 0.3) is 5.91 Å². The van der Waals surface area contributed by atoms with E-state index < -0.39 is 40.6 Å². The van der Waals surface area contributed by atoms with E-state index in [1.807, 2.05) is 19.9 Å². The number of aliphatic hydroxyl groups is 3. The van der Waals surface area contributed by atoms with Crippen LogP contribution >= 0.6 is 0 Å². The van der Waals surface area contributed by atoms with Crippen LogP contribution in [0.5, 0.6) is 5.75 Å². The normalized spacial score (nSPS) is 22.1. The maximum absolute atomic E-state index is 12.4. The van der Waals surface area contributed by atoms with Crippen LogP contribution in [0.2, 0.25) is 0 Å². The number of phenols is 1. The summed E-state index contributed by atoms with van der Waals surface area (Å²) in [6.07, 6.45) is 0.583. The molecule has 0 spiro atoms. The number of aliphatic hydroxyl groups excluding tert-OH is 3. The summed E-state index contributed by atoms with van der Waals surface area (Å²) < 4.78 is 5.54. The predicted octanol–water partition coefficient (Wildman–Crippen LogP) is 3.71. The van der Waals surface area contributed by atoms with Gasteiger partial charge in [-0.1, -0.05) is 19.0 Å². The molecule has 0 saturated carbocycles. The van der Waals surface area contributed by atoms with Crippen molar-refractivity contribution >= 4 is 17.4 Å². The van der Waals surface area contributed by atoms with E-state index in [9.17, 15) is 30.0 Å². The summed E-state index contributed by atoms with van der Waals surface area (Å²) in [6, 6.07) is 4.94. The van der Waals surface area contributed by atoms with Crippen molar-refractivity contribution in [3.8, 4) is 17.1 Å². The van der Waals surface area contributed by atoms with Crippen LogP contribution in [-0.4, -0.2) is 37.3 Å². The maximum Gasteiger partial charge on any atom is 0.256 e. The molecule has 1 aromatic carbocycles. The van der Waals surface area contributed by atoms with Crippen molar-refractivity contribution < 1.29 is 34.5 Å². The number of carbonyl (C=O) groups excluding carboxylic acids is 2. The van der Waals surface area contributed by atoms with Crippen molar-refractivity contribution in [2.45, 2.75) is 39.0 Å². The van der Waals surface area contributed by atoms with Gasteiger partial charge in [-0.25, -0.2) is 0 Å². The SMILES string of the molecule is CC(C)c1cc(-c2ccc(O)c3c2CC2CC4CC(=O)C(C(N)=O)=C(O)C4=C(O)C2=C3O)on1. The summed E-state index contributed by atoms with van der Waals surface area (Å²) in [7, 11) is 0. The van der Waals surface area contributed by atoms with E-state index in [0.29, 0.717) is 29.7 Å². The van der Waals surface area contributed by atoms with E-state index in [4.69, 9.17) is 10.3 Å². The van der Waals surface area contributed by atoms with Crippen LogP contribution in [0.4, 0.5) is 0 Å². The predicted molar refractivity (Wildman–Crippen MR) is 121 cm³/mol. The molecule has 3 aliphatic carbocycles. The second-order valence-corrected chi connectivity index (χ2v) is 9.33. The number of aromatic hydroxyl groups is 1. The number of fused-ring (bicyclic) bond motifs is 3. The van der Waals surface area contributed by atoms with E-state index in [1.165, 1.54) is 6.07 Å². The van der Waals surface area contributed by atoms with Crippen LogP contribution in [0, 0.1) is 11.8 Å². The monoisotopic (exact) mass is 464 g/mol. The number of hydrogen-bond donors (Lipinski definition) is 5. The molecule has 1 heterocycles. The molecule has 0 radical (unpaired) electrons. The fourth-order valence-corrected chi connectivity index (χ4v) is 5.35. The zero-order valence-corrected chi connectivity index (χ0v) is 18.6. The van der Waals surface area contributed by atoms with Crippen molar-refractivity contribution in [2.24, 2.45) is 17.6 Å². The summed E-state index contributed by atoms with van der Waals surface area (Å²) in [6.45, 7) is 3.98. The van der Waals surface area contributed by atoms with Crippen LogP contribution in [0.25, 0.3) is 17.1 Å². The number of Topliss-reactive ketones (excluding diaryl/α,β-unsaturated/α-hetero) is 1. The molecule has 9 heteroatoms. The van der Waals surface area contributed by atoms with E-state index in [2.05, 4.69) is 5.16 Å². The van der Waals surface area contributed by atoms with Gasteiger partial charge in [-0.05, 0) is 48.3 Å². The highest BCUT2D eigenvalue weighted by Crippen LogP contribution is 2.52. The van der Waals surface area contributed by atoms with Gasteiger partial charge in [-0.15, -0.1) is 0 Å². The lowest BCUT2D eigenvalue weighted by molar-refractivity contribution is -0.122. The molecule has 1 aromatic heterocycles. The second-order valence-electron chi connectivity index (χ2n) is 9.33. The largest absolute Gasteiger partial charge is 0.507 e. The van der Waals surface area contributed by atoms with Crippen molar-refractivity contribution in [3.05, 3.63) is 63.3 Å². The first-order valence-corrected chi connectivity index (χ1v) is 11.1. The number of primary amides is 1. The fourth-order valence-electron chi connectivity index (χ4n) is 5.35. The third-order valence-corrected chi connectivity index (χ3v) is 6.96. The Kier molecular flexibility index (Phi) is 4.82. The molecule has 1 amide bonds. The van der Waals surface area contributed by atoms with Crippen LogP contribution in [0.1, 0.15) is 49.4 Å². The van der Waals surface area contributed by atoms with E-state index in [1.54, 1.807) is 6.07 Å². The van der Waals surface area contributed by atoms with Gasteiger partial charge >= 0.3 is 0 Å². The summed E-state index contributed by atoms with van der Waals surface area (Å²) in [5, 5.41) is 47.6. The number of aromatic nitrogens is 1. The molecular formula is C25H24N2O7. The van der Waals surface area contributed by atoms with Gasteiger partial charge in [0.1, 0.15) is 28.6 Å². The number of rotatable bonds is 3. The number of amides is 1. The summed E-state index contributed by atoms with van der Waals surface area (Å²) in [5.41, 5.74) is 7.09. The Bertz CT molecular complexity index is 1360. The number of nitrogens with two attached hydrogens (primary N) is 1. The van der Waals surface area contributed by atoms with Crippen molar-refractivity contribution in [3.63, 3.8) is 0 Å². The van der Waals surface area contributed by atoms with Gasteiger partial charge in [0.2, 0.25) is 0 Å². The molecule has 5 rings (SSSR count). The van der Waals surface area contributed by atoms with Crippen molar-refractivity contribution in [1.29, 1.82) is 0 Å². The summed E-state index contributed by atoms with van der Waals surface area (Å²) in [5.74, 6) is -3.53. The highest BCUT2D eigenvalue weighted by atomic mass is 16.5. The first kappa shape index (κ1) is 21.8. The Labute approximate surface area is 194 Å². The Morgan fingerprint density at radius 2 is 1.74 bits per heavy atom. The fraction of sp³-hybridized carbons (Fsp3) is 0.320. The molecule has 2 atom stereocenters. The average Bonchev–Trinajstić information content (AvgIpc) is 3.23. The minimum atomic E-state index is -1.08. The lowest BCUT2D eigenvalue weighted by atomic mass is 9.66. The number of ketones is 1.